The normalized spacial score (nSPS) is 12.4. The molecule has 0 bridgehead atoms. The lowest BCUT2D eigenvalue weighted by atomic mass is 10.1. The Morgan fingerprint density at radius 3 is 2.53 bits per heavy atom. The predicted molar refractivity (Wildman–Crippen MR) is 106 cm³/mol. The van der Waals surface area contributed by atoms with Crippen LogP contribution >= 0.6 is 0 Å². The van der Waals surface area contributed by atoms with Gasteiger partial charge in [-0.3, -0.25) is 20.0 Å². The maximum Gasteiger partial charge on any atom is 0.324 e. The van der Waals surface area contributed by atoms with Crippen LogP contribution in [0.5, 0.6) is 0 Å². The summed E-state index contributed by atoms with van der Waals surface area (Å²) in [5.74, 6) is -1.08. The molecule has 1 aromatic heterocycles. The van der Waals surface area contributed by atoms with Crippen molar-refractivity contribution in [3.63, 3.8) is 0 Å². The van der Waals surface area contributed by atoms with E-state index in [0.717, 1.165) is 0 Å². The van der Waals surface area contributed by atoms with Crippen molar-refractivity contribution in [3.8, 4) is 0 Å². The lowest BCUT2D eigenvalue weighted by Gasteiger charge is -2.16. The van der Waals surface area contributed by atoms with Gasteiger partial charge in [-0.05, 0) is 23.8 Å². The van der Waals surface area contributed by atoms with E-state index in [1.54, 1.807) is 48.5 Å². The first kappa shape index (κ1) is 19.3. The van der Waals surface area contributed by atoms with Crippen LogP contribution in [0.15, 0.2) is 54.6 Å². The number of imide groups is 1. The molecule has 2 heterocycles. The highest BCUT2D eigenvalue weighted by Crippen LogP contribution is 2.27. The zero-order chi connectivity index (χ0) is 21.1. The number of urea groups is 1. The fourth-order valence-electron chi connectivity index (χ4n) is 3.22. The van der Waals surface area contributed by atoms with Gasteiger partial charge in [0.05, 0.1) is 25.2 Å². The zero-order valence-electron chi connectivity index (χ0n) is 15.8. The van der Waals surface area contributed by atoms with Gasteiger partial charge in [-0.1, -0.05) is 36.4 Å². The molecule has 0 radical (unpaired) electrons. The molecule has 152 valence electrons. The number of hydrogen-bond donors (Lipinski definition) is 3. The number of nitrogens with one attached hydrogen (secondary N) is 3. The number of amides is 4. The van der Waals surface area contributed by atoms with E-state index in [1.807, 2.05) is 0 Å². The first-order valence-corrected chi connectivity index (χ1v) is 9.26. The van der Waals surface area contributed by atoms with E-state index >= 15 is 0 Å². The van der Waals surface area contributed by atoms with Crippen LogP contribution in [-0.2, 0) is 24.3 Å². The third-order valence-corrected chi connectivity index (χ3v) is 4.76. The molecule has 0 saturated heterocycles. The van der Waals surface area contributed by atoms with Gasteiger partial charge in [0, 0.05) is 11.1 Å². The second-order valence-electron chi connectivity index (χ2n) is 6.83. The van der Waals surface area contributed by atoms with Crippen molar-refractivity contribution in [1.82, 2.24) is 20.4 Å². The monoisotopic (exact) mass is 407 g/mol. The second-order valence-corrected chi connectivity index (χ2v) is 6.83. The highest BCUT2D eigenvalue weighted by Gasteiger charge is 2.29. The van der Waals surface area contributed by atoms with Crippen molar-refractivity contribution in [2.45, 2.75) is 19.5 Å². The molecule has 9 heteroatoms. The molecule has 1 aliphatic heterocycles. The number of aromatic nitrogens is 2. The molecule has 3 N–H and O–H groups in total. The molecular weight excluding hydrogens is 389 g/mol. The minimum Gasteiger partial charge on any atom is -0.314 e. The van der Waals surface area contributed by atoms with E-state index in [1.165, 1.54) is 11.0 Å². The Labute approximate surface area is 171 Å². The number of carbonyl (C=O) groups excluding carboxylic acids is 3. The molecule has 0 spiro atoms. The van der Waals surface area contributed by atoms with E-state index < -0.39 is 23.7 Å². The number of rotatable bonds is 4. The fourth-order valence-corrected chi connectivity index (χ4v) is 3.22. The van der Waals surface area contributed by atoms with Gasteiger partial charge < -0.3 is 10.2 Å². The standard InChI is InChI=1S/C21H18FN5O3/c22-16-9-5-4-8-14(16)10-18(28)23-19-15-11-27(12-17(15)25-26-19)21(30)24-20(29)13-6-2-1-3-7-13/h1-9H,10-12H2,(H,24,29,30)(H2,23,25,26,28). The van der Waals surface area contributed by atoms with Gasteiger partial charge in [0.25, 0.3) is 5.91 Å². The Hall–Kier alpha value is -4.01. The molecule has 4 amide bonds. The van der Waals surface area contributed by atoms with E-state index in [4.69, 9.17) is 0 Å². The number of aromatic amines is 1. The Bertz CT molecular complexity index is 1110. The van der Waals surface area contributed by atoms with Crippen LogP contribution in [0.4, 0.5) is 15.0 Å². The maximum absolute atomic E-state index is 13.7. The van der Waals surface area contributed by atoms with E-state index in [0.29, 0.717) is 16.8 Å². The minimum atomic E-state index is -0.544. The van der Waals surface area contributed by atoms with Crippen LogP contribution in [0, 0.1) is 5.82 Å². The number of benzene rings is 2. The molecule has 8 nitrogen and oxygen atoms in total. The summed E-state index contributed by atoms with van der Waals surface area (Å²) in [7, 11) is 0. The SMILES string of the molecule is O=C(Cc1ccccc1F)Nc1n[nH]c2c1CN(C(=O)NC(=O)c1ccccc1)C2. The van der Waals surface area contributed by atoms with Crippen LogP contribution in [0.1, 0.15) is 27.2 Å². The van der Waals surface area contributed by atoms with Crippen LogP contribution in [-0.4, -0.2) is 32.9 Å². The molecule has 0 atom stereocenters. The van der Waals surface area contributed by atoms with Gasteiger partial charge in [0.1, 0.15) is 5.82 Å². The first-order valence-electron chi connectivity index (χ1n) is 9.26. The van der Waals surface area contributed by atoms with Crippen LogP contribution in [0.25, 0.3) is 0 Å². The van der Waals surface area contributed by atoms with Gasteiger partial charge in [-0.2, -0.15) is 5.10 Å². The maximum atomic E-state index is 13.7. The average Bonchev–Trinajstić information content (AvgIpc) is 3.32. The van der Waals surface area contributed by atoms with Gasteiger partial charge in [-0.25, -0.2) is 9.18 Å². The summed E-state index contributed by atoms with van der Waals surface area (Å²) in [5.41, 5.74) is 1.98. The highest BCUT2D eigenvalue weighted by molar-refractivity contribution is 6.04. The van der Waals surface area contributed by atoms with Crippen molar-refractivity contribution in [3.05, 3.63) is 82.8 Å². The summed E-state index contributed by atoms with van der Waals surface area (Å²) in [6, 6.07) is 13.9. The van der Waals surface area contributed by atoms with Crippen molar-refractivity contribution < 1.29 is 18.8 Å². The summed E-state index contributed by atoms with van der Waals surface area (Å²) >= 11 is 0. The number of H-pyrrole nitrogens is 1. The zero-order valence-corrected chi connectivity index (χ0v) is 15.8. The van der Waals surface area contributed by atoms with E-state index in [9.17, 15) is 18.8 Å². The Morgan fingerprint density at radius 1 is 1.03 bits per heavy atom. The molecule has 4 rings (SSSR count). The van der Waals surface area contributed by atoms with Crippen molar-refractivity contribution >= 4 is 23.7 Å². The molecule has 2 aromatic carbocycles. The summed E-state index contributed by atoms with van der Waals surface area (Å²) in [4.78, 5) is 38.3. The summed E-state index contributed by atoms with van der Waals surface area (Å²) in [6.45, 7) is 0.397. The smallest absolute Gasteiger partial charge is 0.314 e. The van der Waals surface area contributed by atoms with Crippen LogP contribution in [0.3, 0.4) is 0 Å². The van der Waals surface area contributed by atoms with Crippen molar-refractivity contribution in [1.29, 1.82) is 0 Å². The highest BCUT2D eigenvalue weighted by atomic mass is 19.1. The van der Waals surface area contributed by atoms with Crippen LogP contribution in [0.2, 0.25) is 0 Å². The van der Waals surface area contributed by atoms with Crippen LogP contribution < -0.4 is 10.6 Å². The molecule has 0 fully saturated rings. The predicted octanol–water partition coefficient (Wildman–Crippen LogP) is 2.60. The summed E-state index contributed by atoms with van der Waals surface area (Å²) < 4.78 is 13.7. The number of hydrogen-bond acceptors (Lipinski definition) is 4. The minimum absolute atomic E-state index is 0.135. The molecule has 0 saturated carbocycles. The summed E-state index contributed by atoms with van der Waals surface area (Å²) in [6.07, 6.45) is -0.135. The molecule has 0 aliphatic carbocycles. The van der Waals surface area contributed by atoms with Gasteiger partial charge in [0.15, 0.2) is 5.82 Å². The Morgan fingerprint density at radius 2 is 1.77 bits per heavy atom. The van der Waals surface area contributed by atoms with Crippen molar-refractivity contribution in [2.75, 3.05) is 5.32 Å². The number of halogens is 1. The third-order valence-electron chi connectivity index (χ3n) is 4.76. The first-order chi connectivity index (χ1) is 14.5. The largest absolute Gasteiger partial charge is 0.324 e. The molecule has 0 unspecified atom stereocenters. The Kier molecular flexibility index (Phi) is 5.25. The number of anilines is 1. The van der Waals surface area contributed by atoms with Gasteiger partial charge in [-0.15, -0.1) is 0 Å². The van der Waals surface area contributed by atoms with E-state index in [-0.39, 0.29) is 30.9 Å². The average molecular weight is 407 g/mol. The van der Waals surface area contributed by atoms with E-state index in [2.05, 4.69) is 20.8 Å². The number of nitrogens with zero attached hydrogens (tertiary/aromatic N) is 2. The lowest BCUT2D eigenvalue weighted by molar-refractivity contribution is -0.115. The second kappa shape index (κ2) is 8.16. The quantitative estimate of drug-likeness (QED) is 0.618. The number of fused-ring (bicyclic) bond motifs is 1. The lowest BCUT2D eigenvalue weighted by Crippen LogP contribution is -2.40. The molecule has 30 heavy (non-hydrogen) atoms. The van der Waals surface area contributed by atoms with Gasteiger partial charge in [0.2, 0.25) is 5.91 Å². The topological polar surface area (TPSA) is 107 Å². The molecule has 3 aromatic rings. The van der Waals surface area contributed by atoms with Gasteiger partial charge >= 0.3 is 6.03 Å². The Balaban J connectivity index is 1.37. The fraction of sp³-hybridized carbons (Fsp3) is 0.143. The molecule has 1 aliphatic rings. The van der Waals surface area contributed by atoms with Crippen molar-refractivity contribution in [2.24, 2.45) is 0 Å². The summed E-state index contributed by atoms with van der Waals surface area (Å²) in [5, 5.41) is 11.9. The third kappa shape index (κ3) is 4.04. The number of carbonyl (C=O) groups is 3. The molecular formula is C21H18FN5O3.